The molecule has 9 nitrogen and oxygen atoms in total. The molecule has 2 aromatic carbocycles. The minimum atomic E-state index is -0.825. The lowest BCUT2D eigenvalue weighted by Gasteiger charge is -2.12. The topological polar surface area (TPSA) is 111 Å². The molecule has 0 spiro atoms. The second-order valence-electron chi connectivity index (χ2n) is 6.25. The van der Waals surface area contributed by atoms with Crippen LogP contribution >= 0.6 is 0 Å². The number of halogens is 1. The van der Waals surface area contributed by atoms with Crippen molar-refractivity contribution in [2.24, 2.45) is 0 Å². The van der Waals surface area contributed by atoms with Crippen LogP contribution in [0.1, 0.15) is 6.23 Å². The lowest BCUT2D eigenvalue weighted by atomic mass is 10.1. The molecule has 0 saturated carbocycles. The quantitative estimate of drug-likeness (QED) is 0.320. The summed E-state index contributed by atoms with van der Waals surface area (Å²) in [6.07, 6.45) is 4.90. The molecule has 5 rings (SSSR count). The molecule has 0 bridgehead atoms. The molecule has 0 radical (unpaired) electrons. The van der Waals surface area contributed by atoms with Gasteiger partial charge in [-0.25, -0.2) is 9.07 Å². The van der Waals surface area contributed by atoms with E-state index in [-0.39, 0.29) is 17.7 Å². The third-order valence-electron chi connectivity index (χ3n) is 4.44. The zero-order valence-corrected chi connectivity index (χ0v) is 14.2. The molecule has 3 heterocycles. The Morgan fingerprint density at radius 1 is 1.29 bits per heavy atom. The van der Waals surface area contributed by atoms with Crippen LogP contribution in [0.4, 0.5) is 10.1 Å². The molecular weight excluding hydrogens is 369 g/mol. The second kappa shape index (κ2) is 6.13. The predicted molar refractivity (Wildman–Crippen MR) is 95.4 cm³/mol. The zero-order chi connectivity index (χ0) is 19.3. The number of ether oxygens (including phenoxy) is 2. The largest absolute Gasteiger partial charge is 0.454 e. The molecule has 1 aliphatic rings. The summed E-state index contributed by atoms with van der Waals surface area (Å²) in [5.74, 6) is -0.569. The summed E-state index contributed by atoms with van der Waals surface area (Å²) < 4.78 is 27.2. The van der Waals surface area contributed by atoms with E-state index in [9.17, 15) is 14.5 Å². The van der Waals surface area contributed by atoms with Crippen molar-refractivity contribution in [1.82, 2.24) is 20.0 Å². The number of H-pyrrole nitrogens is 1. The molecule has 0 aliphatic carbocycles. The Balaban J connectivity index is 1.62. The van der Waals surface area contributed by atoms with Crippen molar-refractivity contribution in [2.75, 3.05) is 6.61 Å². The van der Waals surface area contributed by atoms with Crippen molar-refractivity contribution in [3.8, 4) is 22.6 Å². The Labute approximate surface area is 156 Å². The highest BCUT2D eigenvalue weighted by Gasteiger charge is 2.28. The predicted octanol–water partition coefficient (Wildman–Crippen LogP) is 3.79. The Hall–Kier alpha value is -3.79. The number of benzene rings is 2. The molecular formula is C18H12FN5O4. The van der Waals surface area contributed by atoms with E-state index < -0.39 is 10.7 Å². The van der Waals surface area contributed by atoms with E-state index in [1.165, 1.54) is 12.1 Å². The van der Waals surface area contributed by atoms with E-state index in [2.05, 4.69) is 15.3 Å². The van der Waals surface area contributed by atoms with E-state index in [0.29, 0.717) is 17.9 Å². The molecule has 0 amide bonds. The summed E-state index contributed by atoms with van der Waals surface area (Å²) in [7, 11) is 0. The highest BCUT2D eigenvalue weighted by Crippen LogP contribution is 2.39. The summed E-state index contributed by atoms with van der Waals surface area (Å²) in [6.45, 7) is 0.601. The second-order valence-corrected chi connectivity index (χ2v) is 6.25. The first-order valence-electron chi connectivity index (χ1n) is 8.34. The molecule has 1 fully saturated rings. The first-order chi connectivity index (χ1) is 13.6. The highest BCUT2D eigenvalue weighted by atomic mass is 19.1. The zero-order valence-electron chi connectivity index (χ0n) is 14.2. The molecule has 28 heavy (non-hydrogen) atoms. The number of hydrogen-bond acceptors (Lipinski definition) is 6. The molecule has 1 atom stereocenters. The van der Waals surface area contributed by atoms with Gasteiger partial charge in [-0.3, -0.25) is 15.2 Å². The maximum atomic E-state index is 14.3. The molecule has 1 aliphatic heterocycles. The molecule has 10 heteroatoms. The van der Waals surface area contributed by atoms with Crippen LogP contribution in [0.2, 0.25) is 0 Å². The minimum absolute atomic E-state index is 0.0893. The van der Waals surface area contributed by atoms with Crippen LogP contribution in [0.15, 0.2) is 48.9 Å². The Bertz CT molecular complexity index is 1200. The average molecular weight is 381 g/mol. The molecule has 1 unspecified atom stereocenters. The first-order valence-corrected chi connectivity index (χ1v) is 8.34. The van der Waals surface area contributed by atoms with Crippen molar-refractivity contribution in [2.45, 2.75) is 6.23 Å². The van der Waals surface area contributed by atoms with E-state index in [0.717, 1.165) is 22.5 Å². The molecule has 2 aromatic heterocycles. The van der Waals surface area contributed by atoms with Crippen LogP contribution in [-0.4, -0.2) is 31.5 Å². The van der Waals surface area contributed by atoms with Crippen molar-refractivity contribution < 1.29 is 18.8 Å². The summed E-state index contributed by atoms with van der Waals surface area (Å²) in [6, 6.07) is 6.86. The summed E-state index contributed by atoms with van der Waals surface area (Å²) in [5.41, 5.74) is 1.90. The lowest BCUT2D eigenvalue weighted by molar-refractivity contribution is -0.385. The fraction of sp³-hybridized carbons (Fsp3) is 0.111. The van der Waals surface area contributed by atoms with Crippen LogP contribution in [0.3, 0.4) is 0 Å². The number of fused-ring (bicyclic) bond motifs is 1. The number of aromatic nitrogens is 4. The van der Waals surface area contributed by atoms with E-state index >= 15 is 0 Å². The van der Waals surface area contributed by atoms with Gasteiger partial charge in [-0.2, -0.15) is 10.2 Å². The maximum Gasteiger partial charge on any atom is 0.272 e. The van der Waals surface area contributed by atoms with E-state index in [4.69, 9.17) is 9.47 Å². The van der Waals surface area contributed by atoms with Gasteiger partial charge in [0.15, 0.2) is 17.8 Å². The maximum absolute atomic E-state index is 14.3. The van der Waals surface area contributed by atoms with Crippen LogP contribution in [-0.2, 0) is 4.74 Å². The normalized spacial score (nSPS) is 15.7. The molecule has 4 aromatic rings. The van der Waals surface area contributed by atoms with Crippen LogP contribution in [0.5, 0.6) is 11.5 Å². The van der Waals surface area contributed by atoms with Gasteiger partial charge < -0.3 is 9.47 Å². The Morgan fingerprint density at radius 3 is 2.82 bits per heavy atom. The summed E-state index contributed by atoms with van der Waals surface area (Å²) in [4.78, 5) is 10.1. The smallest absolute Gasteiger partial charge is 0.272 e. The number of hydrogen-bond donors (Lipinski definition) is 1. The number of non-ortho nitro benzene ring substituents is 1. The van der Waals surface area contributed by atoms with Gasteiger partial charge in [0.05, 0.1) is 35.5 Å². The van der Waals surface area contributed by atoms with Crippen LogP contribution in [0.25, 0.3) is 22.0 Å². The highest BCUT2D eigenvalue weighted by molar-refractivity contribution is 5.88. The third kappa shape index (κ3) is 2.76. The Morgan fingerprint density at radius 2 is 2.14 bits per heavy atom. The minimum Gasteiger partial charge on any atom is -0.454 e. The number of nitrogens with one attached hydrogen (secondary N) is 1. The van der Waals surface area contributed by atoms with Crippen molar-refractivity contribution in [3.63, 3.8) is 0 Å². The van der Waals surface area contributed by atoms with Gasteiger partial charge in [0.1, 0.15) is 5.75 Å². The number of rotatable bonds is 5. The van der Waals surface area contributed by atoms with Crippen LogP contribution < -0.4 is 4.74 Å². The van der Waals surface area contributed by atoms with Crippen molar-refractivity contribution in [3.05, 3.63) is 64.9 Å². The van der Waals surface area contributed by atoms with Gasteiger partial charge in [0, 0.05) is 28.8 Å². The molecule has 1 N–H and O–H groups in total. The summed E-state index contributed by atoms with van der Waals surface area (Å²) >= 11 is 0. The van der Waals surface area contributed by atoms with Crippen molar-refractivity contribution >= 4 is 16.6 Å². The number of aromatic amines is 1. The van der Waals surface area contributed by atoms with E-state index in [1.807, 2.05) is 6.07 Å². The number of nitro groups is 1. The number of nitro benzene ring substituents is 1. The van der Waals surface area contributed by atoms with Gasteiger partial charge in [-0.1, -0.05) is 0 Å². The van der Waals surface area contributed by atoms with Gasteiger partial charge in [0.25, 0.3) is 5.69 Å². The fourth-order valence-corrected chi connectivity index (χ4v) is 3.00. The van der Waals surface area contributed by atoms with Gasteiger partial charge >= 0.3 is 0 Å². The molecule has 1 saturated heterocycles. The van der Waals surface area contributed by atoms with Gasteiger partial charge in [-0.15, -0.1) is 0 Å². The summed E-state index contributed by atoms with van der Waals surface area (Å²) in [5, 5.41) is 22.6. The SMILES string of the molecule is O=[N+]([O-])c1ccc(Oc2cc3cnn(C4CO4)c3cc2-c2cn[nH]c2)c(F)c1. The molecule has 140 valence electrons. The number of epoxide rings is 1. The Kier molecular flexibility index (Phi) is 3.59. The first kappa shape index (κ1) is 16.4. The average Bonchev–Trinajstić information content (AvgIpc) is 3.22. The fourth-order valence-electron chi connectivity index (χ4n) is 3.00. The van der Waals surface area contributed by atoms with Crippen molar-refractivity contribution in [1.29, 1.82) is 0 Å². The number of nitrogens with zero attached hydrogens (tertiary/aromatic N) is 4. The van der Waals surface area contributed by atoms with Crippen LogP contribution in [0, 0.1) is 15.9 Å². The van der Waals surface area contributed by atoms with E-state index in [1.54, 1.807) is 29.3 Å². The van der Waals surface area contributed by atoms with Gasteiger partial charge in [0.2, 0.25) is 0 Å². The standard InChI is InChI=1S/C18H12FN5O4/c19-14-4-12(24(25)26)1-2-16(14)28-17-3-10-8-22-23(18-9-27-18)15(10)5-13(17)11-6-20-21-7-11/h1-8,18H,9H2,(H,20,21). The third-order valence-corrected chi connectivity index (χ3v) is 4.44. The lowest BCUT2D eigenvalue weighted by Crippen LogP contribution is -1.97. The van der Waals surface area contributed by atoms with Gasteiger partial charge in [-0.05, 0) is 18.2 Å². The monoisotopic (exact) mass is 381 g/mol.